The van der Waals surface area contributed by atoms with Gasteiger partial charge in [0.2, 0.25) is 0 Å². The van der Waals surface area contributed by atoms with Gasteiger partial charge in [0.05, 0.1) is 16.6 Å². The van der Waals surface area contributed by atoms with Crippen LogP contribution in [0.2, 0.25) is 0 Å². The zero-order chi connectivity index (χ0) is 19.3. The number of nitrogens with zero attached hydrogens (tertiary/aromatic N) is 1. The van der Waals surface area contributed by atoms with E-state index in [0.717, 1.165) is 36.6 Å². The Hall–Kier alpha value is -1.92. The topological polar surface area (TPSA) is 92.9 Å². The van der Waals surface area contributed by atoms with Crippen molar-refractivity contribution >= 4 is 11.7 Å². The Balaban J connectivity index is 1.54. The number of ketones is 1. The third kappa shape index (κ3) is 1.81. The Morgan fingerprint density at radius 3 is 2.86 bits per heavy atom. The van der Waals surface area contributed by atoms with Crippen molar-refractivity contribution in [2.75, 3.05) is 13.1 Å². The molecule has 3 fully saturated rings. The standard InChI is InChI=1S/C22H26N2O4/c23-20(26)14-5-4-13-10-16-22(27)7-6-15(25)19-21(22,17(13)18(14)28-19)8-9-24(16)11-12-2-1-3-12/h4-5,12,16,19,27H,1-3,6-11H2,(H2,23,26)/t16-,19?,21+,22-/m1/s1. The predicted octanol–water partition coefficient (Wildman–Crippen LogP) is 1.31. The van der Waals surface area contributed by atoms with Crippen LogP contribution < -0.4 is 10.5 Å². The van der Waals surface area contributed by atoms with Crippen molar-refractivity contribution in [3.05, 3.63) is 28.8 Å². The van der Waals surface area contributed by atoms with Crippen LogP contribution >= 0.6 is 0 Å². The fourth-order valence-electron chi connectivity index (χ4n) is 6.85. The molecule has 6 rings (SSSR count). The lowest BCUT2D eigenvalue weighted by molar-refractivity contribution is -0.190. The lowest BCUT2D eigenvalue weighted by atomic mass is 9.49. The molecule has 5 aliphatic rings. The molecule has 3 aliphatic carbocycles. The molecule has 1 aromatic rings. The van der Waals surface area contributed by atoms with E-state index in [-0.39, 0.29) is 11.8 Å². The second-order valence-electron chi connectivity index (χ2n) is 9.46. The molecule has 0 radical (unpaired) electrons. The van der Waals surface area contributed by atoms with E-state index in [0.29, 0.717) is 30.6 Å². The number of amides is 1. The summed E-state index contributed by atoms with van der Waals surface area (Å²) in [4.78, 5) is 27.4. The Kier molecular flexibility index (Phi) is 3.25. The van der Waals surface area contributed by atoms with Crippen molar-refractivity contribution in [2.24, 2.45) is 11.7 Å². The molecule has 1 unspecified atom stereocenters. The van der Waals surface area contributed by atoms with Crippen LogP contribution in [0, 0.1) is 5.92 Å². The molecule has 3 N–H and O–H groups in total. The molecule has 1 saturated heterocycles. The molecule has 0 aromatic heterocycles. The predicted molar refractivity (Wildman–Crippen MR) is 101 cm³/mol. The molecule has 1 spiro atoms. The lowest BCUT2D eigenvalue weighted by Gasteiger charge is -2.63. The number of rotatable bonds is 3. The number of piperidine rings is 1. The first kappa shape index (κ1) is 17.0. The first-order valence-electron chi connectivity index (χ1n) is 10.6. The molecular weight excluding hydrogens is 356 g/mol. The van der Waals surface area contributed by atoms with E-state index in [1.54, 1.807) is 6.07 Å². The number of likely N-dealkylation sites (tertiary alicyclic amines) is 1. The average Bonchev–Trinajstić information content (AvgIpc) is 2.97. The Bertz CT molecular complexity index is 910. The normalized spacial score (nSPS) is 38.5. The number of ether oxygens (including phenoxy) is 1. The summed E-state index contributed by atoms with van der Waals surface area (Å²) in [7, 11) is 0. The number of hydrogen-bond donors (Lipinski definition) is 2. The van der Waals surface area contributed by atoms with Crippen molar-refractivity contribution in [3.8, 4) is 5.75 Å². The van der Waals surface area contributed by atoms with Crippen molar-refractivity contribution < 1.29 is 19.4 Å². The van der Waals surface area contributed by atoms with E-state index in [2.05, 4.69) is 4.90 Å². The highest BCUT2D eigenvalue weighted by atomic mass is 16.5. The van der Waals surface area contributed by atoms with Crippen LogP contribution in [-0.4, -0.2) is 52.5 Å². The molecule has 1 aromatic carbocycles. The van der Waals surface area contributed by atoms with Crippen LogP contribution in [0.3, 0.4) is 0 Å². The van der Waals surface area contributed by atoms with Gasteiger partial charge in [-0.15, -0.1) is 0 Å². The summed E-state index contributed by atoms with van der Waals surface area (Å²) < 4.78 is 6.17. The first-order valence-corrected chi connectivity index (χ1v) is 10.6. The second-order valence-corrected chi connectivity index (χ2v) is 9.46. The van der Waals surface area contributed by atoms with E-state index in [1.165, 1.54) is 19.3 Å². The number of hydrogen-bond acceptors (Lipinski definition) is 5. The monoisotopic (exact) mass is 382 g/mol. The summed E-state index contributed by atoms with van der Waals surface area (Å²) >= 11 is 0. The largest absolute Gasteiger partial charge is 0.480 e. The molecular formula is C22H26N2O4. The molecule has 2 aliphatic heterocycles. The van der Waals surface area contributed by atoms with Crippen molar-refractivity contribution in [2.45, 2.75) is 68.1 Å². The van der Waals surface area contributed by atoms with Crippen LogP contribution in [0.4, 0.5) is 0 Å². The molecule has 2 bridgehead atoms. The highest BCUT2D eigenvalue weighted by Crippen LogP contribution is 2.64. The molecule has 148 valence electrons. The van der Waals surface area contributed by atoms with Gasteiger partial charge in [0, 0.05) is 24.6 Å². The number of aliphatic hydroxyl groups is 1. The minimum absolute atomic E-state index is 0.000993. The van der Waals surface area contributed by atoms with Crippen molar-refractivity contribution in [3.63, 3.8) is 0 Å². The molecule has 2 saturated carbocycles. The molecule has 1 amide bonds. The van der Waals surface area contributed by atoms with Gasteiger partial charge >= 0.3 is 0 Å². The highest BCUT2D eigenvalue weighted by Gasteiger charge is 2.73. The van der Waals surface area contributed by atoms with E-state index in [1.807, 2.05) is 6.07 Å². The van der Waals surface area contributed by atoms with Crippen molar-refractivity contribution in [1.29, 1.82) is 0 Å². The molecule has 6 nitrogen and oxygen atoms in total. The zero-order valence-electron chi connectivity index (χ0n) is 15.9. The number of nitrogens with two attached hydrogens (primary N) is 1. The van der Waals surface area contributed by atoms with Crippen molar-refractivity contribution in [1.82, 2.24) is 4.90 Å². The van der Waals surface area contributed by atoms with Crippen LogP contribution in [0.1, 0.15) is 60.0 Å². The summed E-state index contributed by atoms with van der Waals surface area (Å²) in [5.74, 6) is 0.672. The SMILES string of the molecule is NC(=O)c1ccc2c3c1OC1C(=O)CC[C@@]4(O)[C@@H](C2)N(CC2CCC2)CC[C@]314. The minimum Gasteiger partial charge on any atom is -0.480 e. The number of carbonyl (C=O) groups is 2. The summed E-state index contributed by atoms with van der Waals surface area (Å²) in [5.41, 5.74) is 6.18. The van der Waals surface area contributed by atoms with E-state index >= 15 is 0 Å². The van der Waals surface area contributed by atoms with Gasteiger partial charge in [-0.25, -0.2) is 0 Å². The van der Waals surface area contributed by atoms with Gasteiger partial charge in [-0.05, 0) is 56.2 Å². The average molecular weight is 382 g/mol. The second kappa shape index (κ2) is 5.36. The van der Waals surface area contributed by atoms with Gasteiger partial charge in [-0.2, -0.15) is 0 Å². The fourth-order valence-corrected chi connectivity index (χ4v) is 6.85. The Morgan fingerprint density at radius 2 is 2.14 bits per heavy atom. The quantitative estimate of drug-likeness (QED) is 0.822. The zero-order valence-corrected chi connectivity index (χ0v) is 15.9. The van der Waals surface area contributed by atoms with Gasteiger partial charge in [-0.3, -0.25) is 14.5 Å². The Morgan fingerprint density at radius 1 is 1.32 bits per heavy atom. The maximum Gasteiger partial charge on any atom is 0.252 e. The summed E-state index contributed by atoms with van der Waals surface area (Å²) in [6, 6.07) is 3.69. The number of benzene rings is 1. The number of Topliss-reactive ketones (excluding diaryl/α,β-unsaturated/α-hetero) is 1. The molecule has 28 heavy (non-hydrogen) atoms. The molecule has 6 heteroatoms. The van der Waals surface area contributed by atoms with Gasteiger partial charge in [0.25, 0.3) is 5.91 Å². The van der Waals surface area contributed by atoms with Crippen LogP contribution in [-0.2, 0) is 16.6 Å². The van der Waals surface area contributed by atoms with E-state index < -0.39 is 23.0 Å². The third-order valence-electron chi connectivity index (χ3n) is 8.37. The highest BCUT2D eigenvalue weighted by molar-refractivity contribution is 5.98. The molecule has 4 atom stereocenters. The van der Waals surface area contributed by atoms with Gasteiger partial charge < -0.3 is 15.6 Å². The summed E-state index contributed by atoms with van der Waals surface area (Å²) in [6.45, 7) is 1.89. The maximum absolute atomic E-state index is 12.9. The maximum atomic E-state index is 12.9. The van der Waals surface area contributed by atoms with E-state index in [4.69, 9.17) is 10.5 Å². The van der Waals surface area contributed by atoms with Gasteiger partial charge in [-0.1, -0.05) is 12.5 Å². The summed E-state index contributed by atoms with van der Waals surface area (Å²) in [6.07, 6.45) is 5.38. The van der Waals surface area contributed by atoms with Crippen LogP contribution in [0.15, 0.2) is 12.1 Å². The van der Waals surface area contributed by atoms with Crippen LogP contribution in [0.25, 0.3) is 0 Å². The van der Waals surface area contributed by atoms with Gasteiger partial charge in [0.1, 0.15) is 5.75 Å². The summed E-state index contributed by atoms with van der Waals surface area (Å²) in [5, 5.41) is 12.1. The van der Waals surface area contributed by atoms with Crippen LogP contribution in [0.5, 0.6) is 5.75 Å². The number of carbonyl (C=O) groups excluding carboxylic acids is 2. The molecule has 2 heterocycles. The minimum atomic E-state index is -0.998. The third-order valence-corrected chi connectivity index (χ3v) is 8.37. The van der Waals surface area contributed by atoms with Gasteiger partial charge in [0.15, 0.2) is 11.9 Å². The Labute approximate surface area is 164 Å². The lowest BCUT2D eigenvalue weighted by Crippen LogP contribution is -2.76. The van der Waals surface area contributed by atoms with E-state index in [9.17, 15) is 14.7 Å². The smallest absolute Gasteiger partial charge is 0.252 e. The number of primary amides is 1. The fraction of sp³-hybridized carbons (Fsp3) is 0.636. The first-order chi connectivity index (χ1) is 13.5.